The monoisotopic (exact) mass is 288 g/mol. The number of thioether (sulfide) groups is 1. The number of nitro groups is 1. The number of benzene rings is 1. The molecule has 1 aromatic carbocycles. The van der Waals surface area contributed by atoms with Crippen LogP contribution in [0, 0.1) is 15.9 Å². The summed E-state index contributed by atoms with van der Waals surface area (Å²) in [5, 5.41) is 22.5. The van der Waals surface area contributed by atoms with Gasteiger partial charge in [0.15, 0.2) is 0 Å². The summed E-state index contributed by atoms with van der Waals surface area (Å²) in [7, 11) is 0. The Bertz CT molecular complexity index is 510. The molecule has 104 valence electrons. The minimum atomic E-state index is -1.46. The summed E-state index contributed by atoms with van der Waals surface area (Å²) in [5.41, 5.74) is -1.06. The van der Waals surface area contributed by atoms with Crippen molar-refractivity contribution in [2.75, 3.05) is 17.3 Å². The number of aromatic carboxylic acids is 1. The van der Waals surface area contributed by atoms with Crippen molar-refractivity contribution in [2.45, 2.75) is 13.0 Å². The summed E-state index contributed by atoms with van der Waals surface area (Å²) in [6.07, 6.45) is 1.87. The Balaban J connectivity index is 3.21. The van der Waals surface area contributed by atoms with Gasteiger partial charge in [-0.05, 0) is 19.2 Å². The highest BCUT2D eigenvalue weighted by Crippen LogP contribution is 2.28. The molecule has 6 nitrogen and oxygen atoms in total. The lowest BCUT2D eigenvalue weighted by molar-refractivity contribution is -0.384. The summed E-state index contributed by atoms with van der Waals surface area (Å²) in [5.74, 6) is -1.91. The zero-order valence-electron chi connectivity index (χ0n) is 10.3. The zero-order chi connectivity index (χ0) is 14.6. The van der Waals surface area contributed by atoms with Gasteiger partial charge in [0.25, 0.3) is 5.69 Å². The van der Waals surface area contributed by atoms with Crippen LogP contribution in [0.3, 0.4) is 0 Å². The summed E-state index contributed by atoms with van der Waals surface area (Å²) < 4.78 is 13.4. The molecule has 0 bridgehead atoms. The molecule has 1 atom stereocenters. The fourth-order valence-corrected chi connectivity index (χ4v) is 2.13. The molecular weight excluding hydrogens is 275 g/mol. The number of carboxylic acids is 1. The molecule has 0 aliphatic carbocycles. The second kappa shape index (κ2) is 6.37. The maximum Gasteiger partial charge on any atom is 0.338 e. The number of nitrogens with zero attached hydrogens (tertiary/aromatic N) is 1. The van der Waals surface area contributed by atoms with Crippen molar-refractivity contribution >= 4 is 29.1 Å². The summed E-state index contributed by atoms with van der Waals surface area (Å²) in [4.78, 5) is 20.9. The first-order chi connectivity index (χ1) is 8.86. The van der Waals surface area contributed by atoms with Crippen LogP contribution in [0.15, 0.2) is 12.1 Å². The van der Waals surface area contributed by atoms with E-state index in [-0.39, 0.29) is 11.7 Å². The van der Waals surface area contributed by atoms with Crippen LogP contribution in [0.4, 0.5) is 15.8 Å². The Morgan fingerprint density at radius 3 is 2.74 bits per heavy atom. The maximum atomic E-state index is 13.4. The molecule has 1 aromatic rings. The Hall–Kier alpha value is -1.83. The number of halogens is 1. The molecule has 2 N–H and O–H groups in total. The van der Waals surface area contributed by atoms with Crippen LogP contribution in [-0.4, -0.2) is 34.0 Å². The summed E-state index contributed by atoms with van der Waals surface area (Å²) in [6.45, 7) is 1.80. The van der Waals surface area contributed by atoms with E-state index in [9.17, 15) is 19.3 Å². The predicted molar refractivity (Wildman–Crippen MR) is 71.5 cm³/mol. The van der Waals surface area contributed by atoms with Crippen LogP contribution in [0.2, 0.25) is 0 Å². The molecule has 19 heavy (non-hydrogen) atoms. The van der Waals surface area contributed by atoms with E-state index in [0.29, 0.717) is 11.8 Å². The van der Waals surface area contributed by atoms with Crippen LogP contribution >= 0.6 is 11.8 Å². The van der Waals surface area contributed by atoms with Gasteiger partial charge in [-0.15, -0.1) is 0 Å². The first-order valence-corrected chi connectivity index (χ1v) is 6.73. The molecule has 0 aromatic heterocycles. The SMILES string of the molecule is CSCC(C)Nc1cc(C(=O)O)c(F)cc1[N+](=O)[O-]. The largest absolute Gasteiger partial charge is 0.478 e. The Morgan fingerprint density at radius 1 is 1.63 bits per heavy atom. The minimum Gasteiger partial charge on any atom is -0.478 e. The number of carbonyl (C=O) groups is 1. The highest BCUT2D eigenvalue weighted by atomic mass is 32.2. The van der Waals surface area contributed by atoms with Crippen molar-refractivity contribution < 1.29 is 19.2 Å². The third-order valence-electron chi connectivity index (χ3n) is 2.33. The molecule has 8 heteroatoms. The second-order valence-corrected chi connectivity index (χ2v) is 4.82. The van der Waals surface area contributed by atoms with E-state index < -0.39 is 28.0 Å². The van der Waals surface area contributed by atoms with Crippen molar-refractivity contribution in [3.63, 3.8) is 0 Å². The molecule has 1 unspecified atom stereocenters. The number of anilines is 1. The van der Waals surface area contributed by atoms with Gasteiger partial charge in [0.2, 0.25) is 0 Å². The molecule has 0 saturated heterocycles. The number of hydrogen-bond donors (Lipinski definition) is 2. The van der Waals surface area contributed by atoms with Crippen LogP contribution < -0.4 is 5.32 Å². The molecular formula is C11H13FN2O4S. The number of carboxylic acid groups (broad SMARTS) is 1. The summed E-state index contributed by atoms with van der Waals surface area (Å²) >= 11 is 1.53. The molecule has 0 fully saturated rings. The van der Waals surface area contributed by atoms with Crippen molar-refractivity contribution in [3.05, 3.63) is 33.6 Å². The zero-order valence-corrected chi connectivity index (χ0v) is 11.2. The Kier molecular flexibility index (Phi) is 5.11. The van der Waals surface area contributed by atoms with Crippen LogP contribution in [0.25, 0.3) is 0 Å². The highest BCUT2D eigenvalue weighted by Gasteiger charge is 2.22. The van der Waals surface area contributed by atoms with E-state index in [4.69, 9.17) is 5.11 Å². The van der Waals surface area contributed by atoms with Crippen LogP contribution in [-0.2, 0) is 0 Å². The number of nitro benzene ring substituents is 1. The number of nitrogens with one attached hydrogen (secondary N) is 1. The average molecular weight is 288 g/mol. The van der Waals surface area contributed by atoms with E-state index in [1.165, 1.54) is 11.8 Å². The molecule has 0 aliphatic rings. The van der Waals surface area contributed by atoms with E-state index in [1.54, 1.807) is 6.92 Å². The van der Waals surface area contributed by atoms with E-state index in [1.807, 2.05) is 6.26 Å². The first kappa shape index (κ1) is 15.2. The highest BCUT2D eigenvalue weighted by molar-refractivity contribution is 7.98. The average Bonchev–Trinajstić information content (AvgIpc) is 2.30. The number of rotatable bonds is 6. The van der Waals surface area contributed by atoms with Gasteiger partial charge >= 0.3 is 5.97 Å². The van der Waals surface area contributed by atoms with Crippen LogP contribution in [0.1, 0.15) is 17.3 Å². The van der Waals surface area contributed by atoms with Crippen molar-refractivity contribution in [1.82, 2.24) is 0 Å². The van der Waals surface area contributed by atoms with E-state index >= 15 is 0 Å². The van der Waals surface area contributed by atoms with Crippen LogP contribution in [0.5, 0.6) is 0 Å². The molecule has 0 aliphatic heterocycles. The fraction of sp³-hybridized carbons (Fsp3) is 0.364. The standard InChI is InChI=1S/C11H13FN2O4S/c1-6(5-19-2)13-9-3-7(11(15)16)8(12)4-10(9)14(17)18/h3-4,6,13H,5H2,1-2H3,(H,15,16). The Morgan fingerprint density at radius 2 is 2.26 bits per heavy atom. The molecule has 1 rings (SSSR count). The predicted octanol–water partition coefficient (Wildman–Crippen LogP) is 2.60. The third kappa shape index (κ3) is 3.82. The molecule has 0 heterocycles. The number of hydrogen-bond acceptors (Lipinski definition) is 5. The lowest BCUT2D eigenvalue weighted by atomic mass is 10.1. The first-order valence-electron chi connectivity index (χ1n) is 5.33. The summed E-state index contributed by atoms with van der Waals surface area (Å²) in [6, 6.07) is 1.46. The second-order valence-electron chi connectivity index (χ2n) is 3.91. The van der Waals surface area contributed by atoms with E-state index in [0.717, 1.165) is 6.07 Å². The smallest absolute Gasteiger partial charge is 0.338 e. The maximum absolute atomic E-state index is 13.4. The van der Waals surface area contributed by atoms with Gasteiger partial charge in [0, 0.05) is 11.8 Å². The van der Waals surface area contributed by atoms with Gasteiger partial charge in [0.05, 0.1) is 16.6 Å². The molecule has 0 saturated carbocycles. The third-order valence-corrected chi connectivity index (χ3v) is 3.16. The fourth-order valence-electron chi connectivity index (χ4n) is 1.55. The normalized spacial score (nSPS) is 11.9. The lowest BCUT2D eigenvalue weighted by Crippen LogP contribution is -2.19. The molecule has 0 amide bonds. The van der Waals surface area contributed by atoms with Gasteiger partial charge in [-0.1, -0.05) is 0 Å². The van der Waals surface area contributed by atoms with Gasteiger partial charge in [-0.2, -0.15) is 11.8 Å². The van der Waals surface area contributed by atoms with Gasteiger partial charge in [0.1, 0.15) is 11.5 Å². The van der Waals surface area contributed by atoms with Crippen molar-refractivity contribution in [2.24, 2.45) is 0 Å². The van der Waals surface area contributed by atoms with Crippen molar-refractivity contribution in [3.8, 4) is 0 Å². The quantitative estimate of drug-likeness (QED) is 0.617. The lowest BCUT2D eigenvalue weighted by Gasteiger charge is -2.14. The van der Waals surface area contributed by atoms with Crippen molar-refractivity contribution in [1.29, 1.82) is 0 Å². The van der Waals surface area contributed by atoms with E-state index in [2.05, 4.69) is 5.32 Å². The van der Waals surface area contributed by atoms with Gasteiger partial charge in [-0.25, -0.2) is 9.18 Å². The molecule has 0 spiro atoms. The molecule has 0 radical (unpaired) electrons. The van der Waals surface area contributed by atoms with Gasteiger partial charge in [-0.3, -0.25) is 10.1 Å². The minimum absolute atomic E-state index is 0.00495. The Labute approximate surface area is 113 Å². The topological polar surface area (TPSA) is 92.5 Å². The van der Waals surface area contributed by atoms with Gasteiger partial charge < -0.3 is 10.4 Å².